The first-order chi connectivity index (χ1) is 20.8. The number of benzene rings is 3. The Morgan fingerprint density at radius 2 is 1.65 bits per heavy atom. The van der Waals surface area contributed by atoms with E-state index in [1.165, 1.54) is 11.8 Å². The van der Waals surface area contributed by atoms with Crippen molar-refractivity contribution < 1.29 is 28.3 Å². The van der Waals surface area contributed by atoms with E-state index in [1.807, 2.05) is 73.7 Å². The van der Waals surface area contributed by atoms with Gasteiger partial charge in [-0.1, -0.05) is 60.7 Å². The molecule has 5 rings (SSSR count). The highest BCUT2D eigenvalue weighted by molar-refractivity contribution is 7.98. The van der Waals surface area contributed by atoms with Crippen molar-refractivity contribution >= 4 is 51.5 Å². The maximum atomic E-state index is 12.8. The predicted octanol–water partition coefficient (Wildman–Crippen LogP) is 5.07. The number of hydrogen-bond acceptors (Lipinski definition) is 7. The number of carbonyl (C=O) groups is 3. The number of fused-ring (bicyclic) bond motifs is 2. The Hall–Kier alpha value is -4.83. The van der Waals surface area contributed by atoms with Crippen LogP contribution in [0.2, 0.25) is 0 Å². The van der Waals surface area contributed by atoms with Crippen molar-refractivity contribution in [1.82, 2.24) is 10.6 Å². The van der Waals surface area contributed by atoms with Gasteiger partial charge in [0.25, 0.3) is 0 Å². The smallest absolute Gasteiger partial charge is 0.339 e. The quantitative estimate of drug-likeness (QED) is 0.169. The van der Waals surface area contributed by atoms with Crippen molar-refractivity contribution in [2.75, 3.05) is 12.3 Å². The minimum absolute atomic E-state index is 0.0527. The van der Waals surface area contributed by atoms with Gasteiger partial charge in [-0.3, -0.25) is 9.59 Å². The molecule has 9 nitrogen and oxygen atoms in total. The topological polar surface area (TPSA) is 139 Å². The Bertz CT molecular complexity index is 1830. The van der Waals surface area contributed by atoms with Gasteiger partial charge in [0.05, 0.1) is 12.8 Å². The summed E-state index contributed by atoms with van der Waals surface area (Å²) in [6.45, 7) is 1.44. The second-order valence-corrected chi connectivity index (χ2v) is 11.1. The number of hydrogen-bond donors (Lipinski definition) is 3. The molecular weight excluding hydrogens is 568 g/mol. The number of aryl methyl sites for hydroxylation is 1. The summed E-state index contributed by atoms with van der Waals surface area (Å²) in [4.78, 5) is 49.3. The molecule has 3 N–H and O–H groups in total. The molecule has 0 saturated carbocycles. The van der Waals surface area contributed by atoms with E-state index in [0.29, 0.717) is 28.0 Å². The Labute approximate surface area is 251 Å². The molecule has 0 saturated heterocycles. The Kier molecular flexibility index (Phi) is 9.26. The molecule has 0 fully saturated rings. The van der Waals surface area contributed by atoms with Gasteiger partial charge in [0.2, 0.25) is 11.8 Å². The molecule has 1 atom stereocenters. The highest BCUT2D eigenvalue weighted by Crippen LogP contribution is 2.34. The zero-order valence-corrected chi connectivity index (χ0v) is 24.2. The standard InChI is InChI=1S/C33H30N2O7S/c1-20-23(33(40)42-29-15-28-25(14-24(20)29)26(17-41-28)22-10-6-3-7-11-22)12-13-30(36)34-16-31(37)35-27(32(38)39)19-43-18-21-8-4-2-5-9-21/h2-11,14-15,17,27H,12-13,16,18-19H2,1H3,(H,34,36)(H,35,37)(H,38,39)/t27-/m1/s1. The van der Waals surface area contributed by atoms with Crippen LogP contribution in [0.4, 0.5) is 0 Å². The maximum absolute atomic E-state index is 12.8. The second kappa shape index (κ2) is 13.4. The van der Waals surface area contributed by atoms with Crippen LogP contribution >= 0.6 is 11.8 Å². The zero-order valence-electron chi connectivity index (χ0n) is 23.4. The molecule has 5 aromatic rings. The van der Waals surface area contributed by atoms with Gasteiger partial charge in [0.1, 0.15) is 17.2 Å². The molecule has 0 bridgehead atoms. The summed E-state index contributed by atoms with van der Waals surface area (Å²) in [6.07, 6.45) is 1.74. The number of amides is 2. The van der Waals surface area contributed by atoms with Crippen molar-refractivity contribution in [1.29, 1.82) is 0 Å². The lowest BCUT2D eigenvalue weighted by molar-refractivity contribution is -0.141. The molecule has 2 aromatic heterocycles. The van der Waals surface area contributed by atoms with Gasteiger partial charge in [0, 0.05) is 45.9 Å². The molecule has 0 aliphatic heterocycles. The van der Waals surface area contributed by atoms with Crippen LogP contribution < -0.4 is 16.3 Å². The van der Waals surface area contributed by atoms with Gasteiger partial charge in [-0.2, -0.15) is 11.8 Å². The van der Waals surface area contributed by atoms with Crippen molar-refractivity contribution in [3.63, 3.8) is 0 Å². The van der Waals surface area contributed by atoms with E-state index in [0.717, 1.165) is 27.5 Å². The number of furan rings is 1. The number of nitrogens with one attached hydrogen (secondary N) is 2. The highest BCUT2D eigenvalue weighted by Gasteiger charge is 2.21. The van der Waals surface area contributed by atoms with E-state index in [-0.39, 0.29) is 25.1 Å². The van der Waals surface area contributed by atoms with Crippen LogP contribution in [0, 0.1) is 6.92 Å². The fraction of sp³-hybridized carbons (Fsp3) is 0.212. The third-order valence-corrected chi connectivity index (χ3v) is 8.25. The van der Waals surface area contributed by atoms with Crippen molar-refractivity contribution in [2.45, 2.75) is 31.6 Å². The number of aliphatic carboxylic acids is 1. The van der Waals surface area contributed by atoms with Gasteiger partial charge >= 0.3 is 11.6 Å². The van der Waals surface area contributed by atoms with E-state index in [1.54, 1.807) is 12.3 Å². The summed E-state index contributed by atoms with van der Waals surface area (Å²) in [7, 11) is 0. The first kappa shape index (κ1) is 29.7. The Morgan fingerprint density at radius 1 is 0.930 bits per heavy atom. The van der Waals surface area contributed by atoms with Gasteiger partial charge in [-0.25, -0.2) is 9.59 Å². The number of carboxylic acids is 1. The summed E-state index contributed by atoms with van der Waals surface area (Å²) in [5.41, 5.74) is 4.50. The molecule has 2 heterocycles. The first-order valence-electron chi connectivity index (χ1n) is 13.7. The molecule has 0 aliphatic rings. The molecule has 0 unspecified atom stereocenters. The van der Waals surface area contributed by atoms with Gasteiger partial charge in [0.15, 0.2) is 0 Å². The third kappa shape index (κ3) is 7.15. The van der Waals surface area contributed by atoms with Crippen molar-refractivity contribution in [3.8, 4) is 11.1 Å². The zero-order chi connectivity index (χ0) is 30.3. The SMILES string of the molecule is Cc1c(CCC(=O)NCC(=O)N[C@H](CSCc2ccccc2)C(=O)O)c(=O)oc2cc3occ(-c4ccccc4)c3cc12. The molecule has 3 aromatic carbocycles. The molecular formula is C33H30N2O7S. The van der Waals surface area contributed by atoms with Gasteiger partial charge < -0.3 is 24.6 Å². The molecule has 0 radical (unpaired) electrons. The van der Waals surface area contributed by atoms with Crippen LogP contribution in [0.1, 0.15) is 23.1 Å². The number of carbonyl (C=O) groups excluding carboxylic acids is 2. The van der Waals surface area contributed by atoms with Crippen LogP contribution in [0.15, 0.2) is 92.7 Å². The second-order valence-electron chi connectivity index (χ2n) is 10.1. The highest BCUT2D eigenvalue weighted by atomic mass is 32.2. The fourth-order valence-corrected chi connectivity index (χ4v) is 5.84. The Balaban J connectivity index is 1.19. The van der Waals surface area contributed by atoms with E-state index in [2.05, 4.69) is 10.6 Å². The van der Waals surface area contributed by atoms with Crippen molar-refractivity contribution in [2.24, 2.45) is 0 Å². The monoisotopic (exact) mass is 598 g/mol. The first-order valence-corrected chi connectivity index (χ1v) is 14.9. The molecule has 2 amide bonds. The van der Waals surface area contributed by atoms with Crippen molar-refractivity contribution in [3.05, 3.63) is 106 Å². The summed E-state index contributed by atoms with van der Waals surface area (Å²) in [5.74, 6) is -1.42. The Morgan fingerprint density at radius 3 is 2.37 bits per heavy atom. The molecule has 0 spiro atoms. The van der Waals surface area contributed by atoms with Gasteiger partial charge in [-0.15, -0.1) is 0 Å². The van der Waals surface area contributed by atoms with Crippen LogP contribution in [0.3, 0.4) is 0 Å². The summed E-state index contributed by atoms with van der Waals surface area (Å²) >= 11 is 1.39. The van der Waals surface area contributed by atoms with Crippen LogP contribution in [-0.2, 0) is 26.6 Å². The van der Waals surface area contributed by atoms with Crippen LogP contribution in [0.25, 0.3) is 33.1 Å². The van der Waals surface area contributed by atoms with Crippen LogP contribution in [-0.4, -0.2) is 41.2 Å². The predicted molar refractivity (Wildman–Crippen MR) is 166 cm³/mol. The van der Waals surface area contributed by atoms with E-state index >= 15 is 0 Å². The molecule has 10 heteroatoms. The lowest BCUT2D eigenvalue weighted by Crippen LogP contribution is -2.46. The summed E-state index contributed by atoms with van der Waals surface area (Å²) in [6, 6.07) is 22.0. The largest absolute Gasteiger partial charge is 0.480 e. The molecule has 43 heavy (non-hydrogen) atoms. The normalized spacial score (nSPS) is 11.8. The maximum Gasteiger partial charge on any atom is 0.339 e. The van der Waals surface area contributed by atoms with E-state index in [9.17, 15) is 24.3 Å². The van der Waals surface area contributed by atoms with E-state index < -0.39 is 29.5 Å². The number of carboxylic acid groups (broad SMARTS) is 1. The van der Waals surface area contributed by atoms with E-state index in [4.69, 9.17) is 8.83 Å². The average Bonchev–Trinajstić information content (AvgIpc) is 3.42. The third-order valence-electron chi connectivity index (χ3n) is 7.14. The van der Waals surface area contributed by atoms with Crippen LogP contribution in [0.5, 0.6) is 0 Å². The minimum Gasteiger partial charge on any atom is -0.480 e. The number of rotatable bonds is 12. The minimum atomic E-state index is -1.15. The summed E-state index contributed by atoms with van der Waals surface area (Å²) in [5, 5.41) is 16.1. The van der Waals surface area contributed by atoms with Gasteiger partial charge in [-0.05, 0) is 36.1 Å². The lowest BCUT2D eigenvalue weighted by atomic mass is 9.99. The summed E-state index contributed by atoms with van der Waals surface area (Å²) < 4.78 is 11.3. The average molecular weight is 599 g/mol. The number of thioether (sulfide) groups is 1. The lowest BCUT2D eigenvalue weighted by Gasteiger charge is -2.15. The molecule has 0 aliphatic carbocycles. The molecule has 220 valence electrons. The fourth-order valence-electron chi connectivity index (χ4n) is 4.84.